The predicted molar refractivity (Wildman–Crippen MR) is 96.3 cm³/mol. The summed E-state index contributed by atoms with van der Waals surface area (Å²) in [5, 5.41) is 8.59. The van der Waals surface area contributed by atoms with Gasteiger partial charge in [0.1, 0.15) is 18.1 Å². The molecule has 0 fully saturated rings. The quantitative estimate of drug-likeness (QED) is 0.791. The summed E-state index contributed by atoms with van der Waals surface area (Å²) >= 11 is 0. The molecule has 5 nitrogen and oxygen atoms in total. The molecule has 2 aromatic rings. The molecule has 0 bridgehead atoms. The molecular weight excluding hydrogens is 330 g/mol. The zero-order valence-corrected chi connectivity index (χ0v) is 14.6. The van der Waals surface area contributed by atoms with Crippen molar-refractivity contribution in [3.8, 4) is 22.6 Å². The molecule has 0 saturated carbocycles. The summed E-state index contributed by atoms with van der Waals surface area (Å²) in [7, 11) is 4.02. The van der Waals surface area contributed by atoms with Crippen LogP contribution in [0.5, 0.6) is 11.5 Å². The van der Waals surface area contributed by atoms with Gasteiger partial charge in [-0.05, 0) is 49.5 Å². The second kappa shape index (κ2) is 9.80. The van der Waals surface area contributed by atoms with E-state index in [0.717, 1.165) is 23.4 Å². The van der Waals surface area contributed by atoms with Crippen molar-refractivity contribution in [2.45, 2.75) is 0 Å². The van der Waals surface area contributed by atoms with Gasteiger partial charge in [0.15, 0.2) is 6.61 Å². The lowest BCUT2D eigenvalue weighted by Crippen LogP contribution is -2.19. The van der Waals surface area contributed by atoms with Crippen LogP contribution in [0.15, 0.2) is 48.5 Å². The van der Waals surface area contributed by atoms with Gasteiger partial charge in [-0.3, -0.25) is 0 Å². The van der Waals surface area contributed by atoms with E-state index in [1.807, 2.05) is 50.5 Å². The third kappa shape index (κ3) is 6.48. The minimum absolute atomic E-state index is 0. The number of aliphatic carboxylic acids is 1. The molecule has 0 unspecified atom stereocenters. The van der Waals surface area contributed by atoms with Crippen molar-refractivity contribution < 1.29 is 19.4 Å². The van der Waals surface area contributed by atoms with Gasteiger partial charge in [-0.1, -0.05) is 24.3 Å². The molecule has 24 heavy (non-hydrogen) atoms. The molecule has 130 valence electrons. The van der Waals surface area contributed by atoms with Gasteiger partial charge in [0.2, 0.25) is 0 Å². The maximum absolute atomic E-state index is 10.5. The first kappa shape index (κ1) is 19.8. The number of hydrogen-bond donors (Lipinski definition) is 1. The van der Waals surface area contributed by atoms with Crippen LogP contribution in [-0.2, 0) is 4.79 Å². The number of ether oxygens (including phenoxy) is 2. The van der Waals surface area contributed by atoms with Crippen LogP contribution in [0.1, 0.15) is 0 Å². The van der Waals surface area contributed by atoms with Crippen LogP contribution < -0.4 is 9.47 Å². The maximum Gasteiger partial charge on any atom is 0.341 e. The largest absolute Gasteiger partial charge is 0.492 e. The summed E-state index contributed by atoms with van der Waals surface area (Å²) in [5.41, 5.74) is 2.10. The lowest BCUT2D eigenvalue weighted by atomic mass is 10.1. The third-order valence-corrected chi connectivity index (χ3v) is 3.21. The number of halogens is 1. The van der Waals surface area contributed by atoms with E-state index in [2.05, 4.69) is 4.90 Å². The van der Waals surface area contributed by atoms with Crippen LogP contribution >= 0.6 is 12.4 Å². The molecule has 1 N–H and O–H groups in total. The number of likely N-dealkylation sites (N-methyl/N-ethyl adjacent to an activating group) is 1. The Kier molecular flexibility index (Phi) is 8.09. The molecule has 0 atom stereocenters. The number of carbonyl (C=O) groups is 1. The summed E-state index contributed by atoms with van der Waals surface area (Å²) < 4.78 is 10.8. The molecule has 0 amide bonds. The molecule has 0 aliphatic rings. The summed E-state index contributed by atoms with van der Waals surface area (Å²) in [6, 6.07) is 15.2. The predicted octanol–water partition coefficient (Wildman–Crippen LogP) is 3.18. The second-order valence-electron chi connectivity index (χ2n) is 5.38. The fourth-order valence-corrected chi connectivity index (χ4v) is 1.98. The molecule has 0 spiro atoms. The lowest BCUT2D eigenvalue weighted by Gasteiger charge is -2.11. The van der Waals surface area contributed by atoms with Crippen molar-refractivity contribution >= 4 is 18.4 Å². The molecule has 2 aromatic carbocycles. The average Bonchev–Trinajstić information content (AvgIpc) is 2.54. The highest BCUT2D eigenvalue weighted by atomic mass is 35.5. The Morgan fingerprint density at radius 2 is 1.38 bits per heavy atom. The van der Waals surface area contributed by atoms with Crippen LogP contribution in [0.3, 0.4) is 0 Å². The zero-order chi connectivity index (χ0) is 16.7. The fraction of sp³-hybridized carbons (Fsp3) is 0.278. The first-order chi connectivity index (χ1) is 11.0. The minimum Gasteiger partial charge on any atom is -0.492 e. The Morgan fingerprint density at radius 3 is 1.79 bits per heavy atom. The van der Waals surface area contributed by atoms with E-state index in [1.54, 1.807) is 12.1 Å². The standard InChI is InChI=1S/C18H21NO4.ClH/c1-19(2)11-12-22-16-7-3-14(4-8-16)15-5-9-17(10-6-15)23-13-18(20)21;/h3-10H,11-13H2,1-2H3,(H,20,21);1H. The molecule has 6 heteroatoms. The van der Waals surface area contributed by atoms with Gasteiger partial charge >= 0.3 is 5.97 Å². The number of carboxylic acid groups (broad SMARTS) is 1. The van der Waals surface area contributed by atoms with E-state index >= 15 is 0 Å². The monoisotopic (exact) mass is 351 g/mol. The molecule has 0 saturated heterocycles. The second-order valence-corrected chi connectivity index (χ2v) is 5.38. The summed E-state index contributed by atoms with van der Waals surface area (Å²) in [6.45, 7) is 1.19. The zero-order valence-electron chi connectivity index (χ0n) is 13.8. The smallest absolute Gasteiger partial charge is 0.341 e. The SMILES string of the molecule is CN(C)CCOc1ccc(-c2ccc(OCC(=O)O)cc2)cc1.Cl. The molecule has 0 aliphatic carbocycles. The van der Waals surface area contributed by atoms with E-state index in [1.165, 1.54) is 0 Å². The van der Waals surface area contributed by atoms with Gasteiger partial charge in [-0.15, -0.1) is 12.4 Å². The van der Waals surface area contributed by atoms with Crippen LogP contribution in [0.4, 0.5) is 0 Å². The van der Waals surface area contributed by atoms with Crippen LogP contribution in [0.25, 0.3) is 11.1 Å². The van der Waals surface area contributed by atoms with Gasteiger partial charge in [0.25, 0.3) is 0 Å². The van der Waals surface area contributed by atoms with E-state index in [9.17, 15) is 4.79 Å². The maximum atomic E-state index is 10.5. The Hall–Kier alpha value is -2.24. The van der Waals surface area contributed by atoms with Crippen molar-refractivity contribution in [2.75, 3.05) is 33.9 Å². The molecule has 0 aromatic heterocycles. The first-order valence-electron chi connectivity index (χ1n) is 7.37. The highest BCUT2D eigenvalue weighted by molar-refractivity contribution is 5.85. The summed E-state index contributed by atoms with van der Waals surface area (Å²) in [5.74, 6) is 0.399. The molecule has 2 rings (SSSR count). The lowest BCUT2D eigenvalue weighted by molar-refractivity contribution is -0.139. The van der Waals surface area contributed by atoms with Gasteiger partial charge < -0.3 is 19.5 Å². The number of hydrogen-bond acceptors (Lipinski definition) is 4. The number of carboxylic acids is 1. The average molecular weight is 352 g/mol. The fourth-order valence-electron chi connectivity index (χ4n) is 1.98. The minimum atomic E-state index is -0.987. The Labute approximate surface area is 148 Å². The normalized spacial score (nSPS) is 10.1. The number of nitrogens with zero attached hydrogens (tertiary/aromatic N) is 1. The summed E-state index contributed by atoms with van der Waals surface area (Å²) in [4.78, 5) is 12.5. The molecule has 0 heterocycles. The number of benzene rings is 2. The van der Waals surface area contributed by atoms with Crippen LogP contribution in [-0.4, -0.2) is 49.8 Å². The van der Waals surface area contributed by atoms with Crippen molar-refractivity contribution in [1.82, 2.24) is 4.90 Å². The third-order valence-electron chi connectivity index (χ3n) is 3.21. The van der Waals surface area contributed by atoms with Crippen molar-refractivity contribution in [3.05, 3.63) is 48.5 Å². The van der Waals surface area contributed by atoms with E-state index < -0.39 is 5.97 Å². The Bertz CT molecular complexity index is 626. The van der Waals surface area contributed by atoms with Gasteiger partial charge in [-0.2, -0.15) is 0 Å². The highest BCUT2D eigenvalue weighted by Gasteiger charge is 2.02. The van der Waals surface area contributed by atoms with Crippen molar-refractivity contribution in [2.24, 2.45) is 0 Å². The Balaban J connectivity index is 0.00000288. The Morgan fingerprint density at radius 1 is 0.917 bits per heavy atom. The van der Waals surface area contributed by atoms with E-state index in [0.29, 0.717) is 12.4 Å². The van der Waals surface area contributed by atoms with Crippen LogP contribution in [0, 0.1) is 0 Å². The van der Waals surface area contributed by atoms with Gasteiger partial charge in [0, 0.05) is 6.54 Å². The van der Waals surface area contributed by atoms with Crippen LogP contribution in [0.2, 0.25) is 0 Å². The van der Waals surface area contributed by atoms with E-state index in [-0.39, 0.29) is 19.0 Å². The van der Waals surface area contributed by atoms with Gasteiger partial charge in [-0.25, -0.2) is 4.79 Å². The highest BCUT2D eigenvalue weighted by Crippen LogP contribution is 2.24. The first-order valence-corrected chi connectivity index (χ1v) is 7.37. The summed E-state index contributed by atoms with van der Waals surface area (Å²) in [6.07, 6.45) is 0. The molecule has 0 radical (unpaired) electrons. The molecule has 0 aliphatic heterocycles. The van der Waals surface area contributed by atoms with E-state index in [4.69, 9.17) is 14.6 Å². The van der Waals surface area contributed by atoms with Crippen molar-refractivity contribution in [1.29, 1.82) is 0 Å². The number of rotatable bonds is 8. The van der Waals surface area contributed by atoms with Gasteiger partial charge in [0.05, 0.1) is 0 Å². The topological polar surface area (TPSA) is 59.0 Å². The van der Waals surface area contributed by atoms with Crippen molar-refractivity contribution in [3.63, 3.8) is 0 Å². The molecular formula is C18H22ClNO4.